The van der Waals surface area contributed by atoms with E-state index in [1.807, 2.05) is 0 Å². The van der Waals surface area contributed by atoms with Crippen molar-refractivity contribution in [2.45, 2.75) is 37.3 Å². The summed E-state index contributed by atoms with van der Waals surface area (Å²) < 4.78 is 55.3. The van der Waals surface area contributed by atoms with E-state index < -0.39 is 26.0 Å². The Labute approximate surface area is 237 Å². The number of benzene rings is 2. The third-order valence-corrected chi connectivity index (χ3v) is 9.87. The van der Waals surface area contributed by atoms with Gasteiger partial charge in [0.1, 0.15) is 0 Å². The van der Waals surface area contributed by atoms with Crippen LogP contribution in [0, 0.1) is 19.8 Å². The highest BCUT2D eigenvalue weighted by Crippen LogP contribution is 2.27. The third kappa shape index (κ3) is 7.46. The first-order chi connectivity index (χ1) is 18.3. The average molecular weight is 613 g/mol. The molecule has 1 saturated heterocycles. The SMILES string of the molecule is Cc1cc(C)nc(NS(=O)(=O)c2ccc(NC(=O)[C@@H]3CCCN(S(=O)(=O)Cc4ccc(Cl)cc4Cl)C3)cc2)n1. The summed E-state index contributed by atoms with van der Waals surface area (Å²) >= 11 is 12.1. The van der Waals surface area contributed by atoms with Crippen molar-refractivity contribution in [3.05, 3.63) is 75.5 Å². The van der Waals surface area contributed by atoms with Crippen molar-refractivity contribution in [2.24, 2.45) is 5.92 Å². The van der Waals surface area contributed by atoms with Crippen molar-refractivity contribution in [1.82, 2.24) is 14.3 Å². The lowest BCUT2D eigenvalue weighted by Crippen LogP contribution is -2.44. The van der Waals surface area contributed by atoms with E-state index in [0.717, 1.165) is 0 Å². The summed E-state index contributed by atoms with van der Waals surface area (Å²) in [4.78, 5) is 21.1. The lowest BCUT2D eigenvalue weighted by atomic mass is 9.99. The number of sulfonamides is 2. The van der Waals surface area contributed by atoms with Gasteiger partial charge < -0.3 is 5.32 Å². The van der Waals surface area contributed by atoms with E-state index in [-0.39, 0.29) is 34.1 Å². The summed E-state index contributed by atoms with van der Waals surface area (Å²) in [6.45, 7) is 3.81. The molecule has 0 bridgehead atoms. The maximum atomic E-state index is 13.0. The second kappa shape index (κ2) is 11.8. The summed E-state index contributed by atoms with van der Waals surface area (Å²) in [7, 11) is -7.67. The number of amides is 1. The van der Waals surface area contributed by atoms with Gasteiger partial charge in [-0.2, -0.15) is 0 Å². The molecule has 4 rings (SSSR count). The molecule has 0 aliphatic carbocycles. The summed E-state index contributed by atoms with van der Waals surface area (Å²) in [6.07, 6.45) is 1.04. The minimum atomic E-state index is -3.95. The van der Waals surface area contributed by atoms with Crippen LogP contribution in [0.3, 0.4) is 0 Å². The summed E-state index contributed by atoms with van der Waals surface area (Å²) in [5, 5.41) is 3.43. The molecule has 3 aromatic rings. The number of hydrogen-bond donors (Lipinski definition) is 2. The van der Waals surface area contributed by atoms with E-state index in [4.69, 9.17) is 23.2 Å². The van der Waals surface area contributed by atoms with Gasteiger partial charge in [0.15, 0.2) is 0 Å². The summed E-state index contributed by atoms with van der Waals surface area (Å²) in [6, 6.07) is 12.0. The van der Waals surface area contributed by atoms with Crippen molar-refractivity contribution >= 4 is 60.8 Å². The molecule has 1 amide bonds. The number of carbonyl (C=O) groups is 1. The van der Waals surface area contributed by atoms with Gasteiger partial charge in [-0.15, -0.1) is 0 Å². The Morgan fingerprint density at radius 3 is 2.31 bits per heavy atom. The first-order valence-corrected chi connectivity index (χ1v) is 15.8. The van der Waals surface area contributed by atoms with Crippen LogP contribution in [0.5, 0.6) is 0 Å². The molecule has 208 valence electrons. The van der Waals surface area contributed by atoms with Crippen LogP contribution in [0.15, 0.2) is 53.4 Å². The molecule has 1 aliphatic rings. The van der Waals surface area contributed by atoms with E-state index in [0.29, 0.717) is 47.0 Å². The van der Waals surface area contributed by atoms with Gasteiger partial charge in [-0.1, -0.05) is 29.3 Å². The van der Waals surface area contributed by atoms with Crippen LogP contribution >= 0.6 is 23.2 Å². The zero-order valence-corrected chi connectivity index (χ0v) is 24.3. The smallest absolute Gasteiger partial charge is 0.264 e. The summed E-state index contributed by atoms with van der Waals surface area (Å²) in [5.74, 6) is -1.24. The molecule has 0 radical (unpaired) electrons. The van der Waals surface area contributed by atoms with E-state index in [2.05, 4.69) is 20.0 Å². The molecular weight excluding hydrogens is 585 g/mol. The van der Waals surface area contributed by atoms with Crippen molar-refractivity contribution in [3.63, 3.8) is 0 Å². The monoisotopic (exact) mass is 611 g/mol. The average Bonchev–Trinajstić information content (AvgIpc) is 2.85. The molecule has 0 spiro atoms. The Balaban J connectivity index is 1.39. The molecule has 1 atom stereocenters. The predicted octanol–water partition coefficient (Wildman–Crippen LogP) is 4.38. The molecule has 2 heterocycles. The predicted molar refractivity (Wildman–Crippen MR) is 151 cm³/mol. The topological polar surface area (TPSA) is 138 Å². The Morgan fingerprint density at radius 2 is 1.67 bits per heavy atom. The lowest BCUT2D eigenvalue weighted by Gasteiger charge is -2.31. The standard InChI is InChI=1S/C25H27Cl2N5O5S2/c1-16-12-17(2)29-25(28-16)31-39(36,37)22-9-7-21(8-10-22)30-24(33)18-4-3-11-32(14-18)38(34,35)15-19-5-6-20(26)13-23(19)27/h5-10,12-13,18H,3-4,11,14-15H2,1-2H3,(H,30,33)(H,28,29,31)/t18-/m1/s1. The fraction of sp³-hybridized carbons (Fsp3) is 0.320. The van der Waals surface area contributed by atoms with Crippen LogP contribution in [0.2, 0.25) is 10.0 Å². The number of aromatic nitrogens is 2. The number of carbonyl (C=O) groups excluding carboxylic acids is 1. The normalized spacial score (nSPS) is 16.6. The largest absolute Gasteiger partial charge is 0.326 e. The molecule has 2 aromatic carbocycles. The highest BCUT2D eigenvalue weighted by Gasteiger charge is 2.33. The molecule has 10 nitrogen and oxygen atoms in total. The van der Waals surface area contributed by atoms with Crippen LogP contribution in [-0.4, -0.2) is 50.1 Å². The molecule has 39 heavy (non-hydrogen) atoms. The zero-order chi connectivity index (χ0) is 28.4. The van der Waals surface area contributed by atoms with E-state index in [9.17, 15) is 21.6 Å². The maximum absolute atomic E-state index is 13.0. The number of rotatable bonds is 8. The number of aryl methyl sites for hydroxylation is 2. The van der Waals surface area contributed by atoms with Gasteiger partial charge in [-0.05, 0) is 74.7 Å². The fourth-order valence-corrected chi connectivity index (χ4v) is 7.39. The van der Waals surface area contributed by atoms with Gasteiger partial charge in [0.05, 0.1) is 16.6 Å². The molecule has 0 unspecified atom stereocenters. The van der Waals surface area contributed by atoms with Gasteiger partial charge >= 0.3 is 0 Å². The van der Waals surface area contributed by atoms with E-state index >= 15 is 0 Å². The number of nitrogens with zero attached hydrogens (tertiary/aromatic N) is 3. The van der Waals surface area contributed by atoms with Crippen molar-refractivity contribution in [3.8, 4) is 0 Å². The van der Waals surface area contributed by atoms with E-state index in [1.165, 1.54) is 34.6 Å². The van der Waals surface area contributed by atoms with Crippen molar-refractivity contribution in [2.75, 3.05) is 23.1 Å². The highest BCUT2D eigenvalue weighted by atomic mass is 35.5. The maximum Gasteiger partial charge on any atom is 0.264 e. The van der Waals surface area contributed by atoms with Crippen LogP contribution in [0.4, 0.5) is 11.6 Å². The molecule has 1 fully saturated rings. The minimum Gasteiger partial charge on any atom is -0.326 e. The summed E-state index contributed by atoms with van der Waals surface area (Å²) in [5.41, 5.74) is 2.07. The van der Waals surface area contributed by atoms with Gasteiger partial charge in [0.25, 0.3) is 10.0 Å². The van der Waals surface area contributed by atoms with Gasteiger partial charge in [-0.25, -0.2) is 35.8 Å². The molecule has 2 N–H and O–H groups in total. The first kappa shape index (κ1) is 29.2. The fourth-order valence-electron chi connectivity index (χ4n) is 4.25. The van der Waals surface area contributed by atoms with Crippen LogP contribution in [0.25, 0.3) is 0 Å². The molecule has 1 aromatic heterocycles. The number of nitrogens with one attached hydrogen (secondary N) is 2. The van der Waals surface area contributed by atoms with Gasteiger partial charge in [0.2, 0.25) is 21.9 Å². The number of halogens is 2. The number of piperidine rings is 1. The van der Waals surface area contributed by atoms with Gasteiger partial charge in [-0.3, -0.25) is 4.79 Å². The van der Waals surface area contributed by atoms with Crippen molar-refractivity contribution in [1.29, 1.82) is 0 Å². The van der Waals surface area contributed by atoms with Crippen LogP contribution in [-0.2, 0) is 30.6 Å². The Kier molecular flexibility index (Phi) is 8.82. The third-order valence-electron chi connectivity index (χ3n) is 6.14. The second-order valence-corrected chi connectivity index (χ2v) is 13.8. The van der Waals surface area contributed by atoms with Crippen LogP contribution < -0.4 is 10.0 Å². The van der Waals surface area contributed by atoms with Gasteiger partial charge in [0, 0.05) is 40.2 Å². The zero-order valence-electron chi connectivity index (χ0n) is 21.2. The lowest BCUT2D eigenvalue weighted by molar-refractivity contribution is -0.120. The Morgan fingerprint density at radius 1 is 1.00 bits per heavy atom. The van der Waals surface area contributed by atoms with Crippen LogP contribution in [0.1, 0.15) is 29.8 Å². The number of hydrogen-bond acceptors (Lipinski definition) is 7. The minimum absolute atomic E-state index is 0.0278. The molecule has 0 saturated carbocycles. The van der Waals surface area contributed by atoms with Crippen molar-refractivity contribution < 1.29 is 21.6 Å². The Bertz CT molecular complexity index is 1580. The molecule has 14 heteroatoms. The molecule has 1 aliphatic heterocycles. The Hall–Kier alpha value is -2.77. The molecular formula is C25H27Cl2N5O5S2. The van der Waals surface area contributed by atoms with E-state index in [1.54, 1.807) is 32.0 Å². The second-order valence-electron chi connectivity index (χ2n) is 9.28. The number of anilines is 2. The first-order valence-electron chi connectivity index (χ1n) is 12.0. The quantitative estimate of drug-likeness (QED) is 0.385. The highest BCUT2D eigenvalue weighted by molar-refractivity contribution is 7.92.